The van der Waals surface area contributed by atoms with Gasteiger partial charge in [-0.2, -0.15) is 5.10 Å². The fourth-order valence-corrected chi connectivity index (χ4v) is 2.90. The van der Waals surface area contributed by atoms with Gasteiger partial charge in [0, 0.05) is 11.2 Å². The molecule has 7 heteroatoms. The standard InChI is InChI=1S/C16H23BN3O2P/c1-10-14(17-21-15(3,4)16(5,6)22-17)11(2)20(19-10)12-7-8-13(23)18-9-12/h7-9H,23H2,1-6H3. The monoisotopic (exact) mass is 331 g/mol. The van der Waals surface area contributed by atoms with Crippen LogP contribution in [0.1, 0.15) is 39.1 Å². The topological polar surface area (TPSA) is 49.2 Å². The Bertz CT molecular complexity index is 725. The number of aryl methyl sites for hydroxylation is 1. The largest absolute Gasteiger partial charge is 0.498 e. The first kappa shape index (κ1) is 16.6. The zero-order valence-electron chi connectivity index (χ0n) is 14.5. The van der Waals surface area contributed by atoms with Crippen molar-refractivity contribution in [3.05, 3.63) is 29.7 Å². The van der Waals surface area contributed by atoms with E-state index in [-0.39, 0.29) is 11.2 Å². The van der Waals surface area contributed by atoms with E-state index in [1.807, 2.05) is 36.9 Å². The third kappa shape index (κ3) is 2.73. The molecule has 1 atom stereocenters. The summed E-state index contributed by atoms with van der Waals surface area (Å²) in [5.74, 6) is 0. The van der Waals surface area contributed by atoms with Gasteiger partial charge in [0.15, 0.2) is 0 Å². The highest BCUT2D eigenvalue weighted by Crippen LogP contribution is 2.37. The van der Waals surface area contributed by atoms with E-state index < -0.39 is 7.12 Å². The first-order valence-electron chi connectivity index (χ1n) is 7.76. The Morgan fingerprint density at radius 1 is 1.09 bits per heavy atom. The predicted molar refractivity (Wildman–Crippen MR) is 95.9 cm³/mol. The lowest BCUT2D eigenvalue weighted by molar-refractivity contribution is 0.00578. The van der Waals surface area contributed by atoms with Gasteiger partial charge in [-0.15, -0.1) is 0 Å². The Morgan fingerprint density at radius 2 is 1.70 bits per heavy atom. The number of nitrogens with zero attached hydrogens (tertiary/aromatic N) is 3. The number of hydrogen-bond donors (Lipinski definition) is 0. The first-order valence-corrected chi connectivity index (χ1v) is 8.34. The minimum Gasteiger partial charge on any atom is -0.399 e. The van der Waals surface area contributed by atoms with Gasteiger partial charge in [-0.25, -0.2) is 4.68 Å². The highest BCUT2D eigenvalue weighted by molar-refractivity contribution is 7.26. The van der Waals surface area contributed by atoms with Gasteiger partial charge < -0.3 is 9.31 Å². The van der Waals surface area contributed by atoms with E-state index in [1.54, 1.807) is 0 Å². The van der Waals surface area contributed by atoms with Crippen molar-refractivity contribution in [1.82, 2.24) is 14.8 Å². The summed E-state index contributed by atoms with van der Waals surface area (Å²) in [7, 11) is 2.19. The van der Waals surface area contributed by atoms with Crippen LogP contribution >= 0.6 is 9.24 Å². The van der Waals surface area contributed by atoms with Crippen molar-refractivity contribution < 1.29 is 9.31 Å². The molecule has 2 aromatic heterocycles. The molecule has 1 aliphatic heterocycles. The third-order valence-electron chi connectivity index (χ3n) is 4.85. The molecule has 3 rings (SSSR count). The molecule has 0 aromatic carbocycles. The lowest BCUT2D eigenvalue weighted by Gasteiger charge is -2.32. The van der Waals surface area contributed by atoms with Crippen molar-refractivity contribution in [3.8, 4) is 5.69 Å². The van der Waals surface area contributed by atoms with Crippen LogP contribution in [0.5, 0.6) is 0 Å². The molecule has 1 saturated heterocycles. The van der Waals surface area contributed by atoms with Crippen molar-refractivity contribution in [2.75, 3.05) is 0 Å². The average molecular weight is 331 g/mol. The van der Waals surface area contributed by atoms with Gasteiger partial charge in [0.25, 0.3) is 0 Å². The van der Waals surface area contributed by atoms with E-state index in [4.69, 9.17) is 9.31 Å². The molecular weight excluding hydrogens is 308 g/mol. The van der Waals surface area contributed by atoms with Gasteiger partial charge in [-0.3, -0.25) is 4.98 Å². The van der Waals surface area contributed by atoms with Gasteiger partial charge in [-0.1, -0.05) is 9.24 Å². The van der Waals surface area contributed by atoms with Crippen LogP contribution in [-0.4, -0.2) is 33.1 Å². The Labute approximate surface area is 140 Å². The summed E-state index contributed by atoms with van der Waals surface area (Å²) in [6.45, 7) is 12.3. The highest BCUT2D eigenvalue weighted by atomic mass is 31.0. The van der Waals surface area contributed by atoms with Crippen molar-refractivity contribution >= 4 is 27.3 Å². The van der Waals surface area contributed by atoms with Crippen molar-refractivity contribution in [1.29, 1.82) is 0 Å². The Balaban J connectivity index is 2.01. The molecule has 1 fully saturated rings. The molecular formula is C16H23BN3O2P. The second-order valence-electron chi connectivity index (χ2n) is 7.03. The summed E-state index contributed by atoms with van der Waals surface area (Å²) in [4.78, 5) is 4.32. The molecule has 0 saturated carbocycles. The molecule has 0 N–H and O–H groups in total. The van der Waals surface area contributed by atoms with Crippen LogP contribution in [0.3, 0.4) is 0 Å². The van der Waals surface area contributed by atoms with Gasteiger partial charge in [0.05, 0.1) is 34.2 Å². The molecule has 0 radical (unpaired) electrons. The van der Waals surface area contributed by atoms with Crippen LogP contribution in [0.2, 0.25) is 0 Å². The van der Waals surface area contributed by atoms with E-state index in [2.05, 4.69) is 47.0 Å². The fourth-order valence-electron chi connectivity index (χ4n) is 2.73. The summed E-state index contributed by atoms with van der Waals surface area (Å²) in [5.41, 5.74) is 4.04. The number of hydrogen-bond acceptors (Lipinski definition) is 4. The van der Waals surface area contributed by atoms with Gasteiger partial charge in [0.1, 0.15) is 0 Å². The lowest BCUT2D eigenvalue weighted by Crippen LogP contribution is -2.41. The molecule has 23 heavy (non-hydrogen) atoms. The molecule has 0 spiro atoms. The van der Waals surface area contributed by atoms with Crippen molar-refractivity contribution in [3.63, 3.8) is 0 Å². The smallest absolute Gasteiger partial charge is 0.399 e. The molecule has 3 heterocycles. The number of rotatable bonds is 2. The molecule has 122 valence electrons. The van der Waals surface area contributed by atoms with E-state index in [9.17, 15) is 0 Å². The van der Waals surface area contributed by atoms with Crippen LogP contribution in [0.25, 0.3) is 5.69 Å². The van der Waals surface area contributed by atoms with Crippen LogP contribution in [0.15, 0.2) is 18.3 Å². The normalized spacial score (nSPS) is 19.3. The average Bonchev–Trinajstić information content (AvgIpc) is 2.84. The predicted octanol–water partition coefficient (Wildman–Crippen LogP) is 1.68. The van der Waals surface area contributed by atoms with Crippen LogP contribution in [-0.2, 0) is 9.31 Å². The quantitative estimate of drug-likeness (QED) is 0.621. The zero-order chi connectivity index (χ0) is 17.0. The number of pyridine rings is 1. The maximum absolute atomic E-state index is 6.19. The van der Waals surface area contributed by atoms with Crippen LogP contribution in [0, 0.1) is 13.8 Å². The molecule has 1 aliphatic rings. The van der Waals surface area contributed by atoms with Gasteiger partial charge >= 0.3 is 7.12 Å². The van der Waals surface area contributed by atoms with Crippen LogP contribution < -0.4 is 10.9 Å². The molecule has 0 bridgehead atoms. The Hall–Kier alpha value is -1.23. The Morgan fingerprint density at radius 3 is 2.22 bits per heavy atom. The minimum atomic E-state index is -0.400. The van der Waals surface area contributed by atoms with E-state index in [0.717, 1.165) is 28.0 Å². The second-order valence-corrected chi connectivity index (χ2v) is 7.62. The van der Waals surface area contributed by atoms with E-state index in [0.29, 0.717) is 0 Å². The zero-order valence-corrected chi connectivity index (χ0v) is 15.7. The Kier molecular flexibility index (Phi) is 3.91. The lowest BCUT2D eigenvalue weighted by atomic mass is 9.77. The summed E-state index contributed by atoms with van der Waals surface area (Å²) >= 11 is 0. The third-order valence-corrected chi connectivity index (χ3v) is 5.19. The molecule has 2 aromatic rings. The molecule has 1 unspecified atom stereocenters. The second kappa shape index (κ2) is 5.40. The van der Waals surface area contributed by atoms with Gasteiger partial charge in [-0.05, 0) is 53.7 Å². The van der Waals surface area contributed by atoms with Crippen molar-refractivity contribution in [2.24, 2.45) is 0 Å². The van der Waals surface area contributed by atoms with E-state index >= 15 is 0 Å². The SMILES string of the molecule is Cc1nn(-c2ccc(P)nc2)c(C)c1B1OC(C)(C)C(C)(C)O1. The van der Waals surface area contributed by atoms with Gasteiger partial charge in [0.2, 0.25) is 0 Å². The maximum atomic E-state index is 6.19. The fraction of sp³-hybridized carbons (Fsp3) is 0.500. The summed E-state index contributed by atoms with van der Waals surface area (Å²) in [6.07, 6.45) is 1.82. The van der Waals surface area contributed by atoms with Crippen LogP contribution in [0.4, 0.5) is 0 Å². The highest BCUT2D eigenvalue weighted by Gasteiger charge is 2.53. The van der Waals surface area contributed by atoms with Crippen molar-refractivity contribution in [2.45, 2.75) is 52.7 Å². The molecule has 0 aliphatic carbocycles. The molecule has 0 amide bonds. The van der Waals surface area contributed by atoms with E-state index in [1.165, 1.54) is 0 Å². The molecule has 5 nitrogen and oxygen atoms in total. The summed E-state index contributed by atoms with van der Waals surface area (Å²) < 4.78 is 14.3. The first-order chi connectivity index (χ1) is 10.6. The minimum absolute atomic E-state index is 0.360. The number of aromatic nitrogens is 3. The summed E-state index contributed by atoms with van der Waals surface area (Å²) in [6, 6.07) is 3.95. The maximum Gasteiger partial charge on any atom is 0.498 e. The summed E-state index contributed by atoms with van der Waals surface area (Å²) in [5, 5.41) is 4.66.